The molecule has 1 aliphatic rings. The number of benzene rings is 1. The maximum Gasteiger partial charge on any atom is 0.170 e. The summed E-state index contributed by atoms with van der Waals surface area (Å²) in [4.78, 5) is 10.5. The number of fused-ring (bicyclic) bond motifs is 1. The quantitative estimate of drug-likeness (QED) is 0.750. The highest BCUT2D eigenvalue weighted by molar-refractivity contribution is 5.72. The largest absolute Gasteiger partial charge is 0.486 e. The predicted octanol–water partition coefficient (Wildman–Crippen LogP) is 1.73. The summed E-state index contributed by atoms with van der Waals surface area (Å²) in [6.45, 7) is 1.12. The molecular formula is C13H10N2O3. The molecule has 90 valence electrons. The molecule has 0 saturated carbocycles. The third kappa shape index (κ3) is 1.90. The predicted molar refractivity (Wildman–Crippen MR) is 63.8 cm³/mol. The Bertz CT molecular complexity index is 581. The molecule has 0 bridgehead atoms. The van der Waals surface area contributed by atoms with Crippen molar-refractivity contribution in [3.8, 4) is 22.8 Å². The minimum Gasteiger partial charge on any atom is -0.486 e. The van der Waals surface area contributed by atoms with Gasteiger partial charge in [0.2, 0.25) is 0 Å². The summed E-state index contributed by atoms with van der Waals surface area (Å²) in [5.74, 6) is 1.45. The second-order valence-corrected chi connectivity index (χ2v) is 3.82. The molecule has 1 aromatic carbocycles. The third-order valence-electron chi connectivity index (χ3n) is 2.64. The second kappa shape index (κ2) is 4.44. The molecule has 0 amide bonds. The molecule has 0 saturated heterocycles. The summed E-state index contributed by atoms with van der Waals surface area (Å²) in [5, 5.41) is 7.79. The van der Waals surface area contributed by atoms with Crippen LogP contribution in [0.25, 0.3) is 11.3 Å². The van der Waals surface area contributed by atoms with Crippen LogP contribution in [0.15, 0.2) is 30.3 Å². The van der Waals surface area contributed by atoms with Gasteiger partial charge in [-0.2, -0.15) is 0 Å². The lowest BCUT2D eigenvalue weighted by Crippen LogP contribution is -2.15. The summed E-state index contributed by atoms with van der Waals surface area (Å²) < 4.78 is 10.9. The second-order valence-electron chi connectivity index (χ2n) is 3.82. The monoisotopic (exact) mass is 242 g/mol. The molecule has 2 heterocycles. The number of aromatic nitrogens is 2. The van der Waals surface area contributed by atoms with Crippen LogP contribution < -0.4 is 9.47 Å². The molecule has 2 aromatic rings. The number of rotatable bonds is 2. The standard InChI is InChI=1S/C13H10N2O3/c16-8-10-2-3-11(15-14-10)9-1-4-12-13(7-9)18-6-5-17-12/h1-4,7-8H,5-6H2. The van der Waals surface area contributed by atoms with E-state index in [1.54, 1.807) is 12.1 Å². The van der Waals surface area contributed by atoms with Crippen molar-refractivity contribution in [1.82, 2.24) is 10.2 Å². The summed E-state index contributed by atoms with van der Waals surface area (Å²) in [6, 6.07) is 8.98. The normalized spacial score (nSPS) is 13.1. The highest BCUT2D eigenvalue weighted by Gasteiger charge is 2.12. The molecule has 5 nitrogen and oxygen atoms in total. The molecular weight excluding hydrogens is 232 g/mol. The fraction of sp³-hybridized carbons (Fsp3) is 0.154. The van der Waals surface area contributed by atoms with E-state index in [9.17, 15) is 4.79 Å². The van der Waals surface area contributed by atoms with Gasteiger partial charge in [0.25, 0.3) is 0 Å². The molecule has 5 heteroatoms. The lowest BCUT2D eigenvalue weighted by Gasteiger charge is -2.18. The van der Waals surface area contributed by atoms with Crippen LogP contribution in [-0.4, -0.2) is 29.7 Å². The Labute approximate surface area is 103 Å². The molecule has 1 aromatic heterocycles. The molecule has 18 heavy (non-hydrogen) atoms. The maximum atomic E-state index is 10.5. The zero-order valence-electron chi connectivity index (χ0n) is 9.50. The number of ether oxygens (including phenoxy) is 2. The number of aldehydes is 1. The highest BCUT2D eigenvalue weighted by atomic mass is 16.6. The van der Waals surface area contributed by atoms with Crippen LogP contribution in [0.4, 0.5) is 0 Å². The van der Waals surface area contributed by atoms with Gasteiger partial charge in [-0.15, -0.1) is 10.2 Å². The van der Waals surface area contributed by atoms with Crippen LogP contribution >= 0.6 is 0 Å². The van der Waals surface area contributed by atoms with Crippen molar-refractivity contribution in [2.75, 3.05) is 13.2 Å². The van der Waals surface area contributed by atoms with Crippen LogP contribution in [0.5, 0.6) is 11.5 Å². The number of carbonyl (C=O) groups is 1. The molecule has 0 fully saturated rings. The van der Waals surface area contributed by atoms with E-state index in [0.717, 1.165) is 11.3 Å². The van der Waals surface area contributed by atoms with Gasteiger partial charge >= 0.3 is 0 Å². The lowest BCUT2D eigenvalue weighted by atomic mass is 10.1. The fourth-order valence-electron chi connectivity index (χ4n) is 1.76. The van der Waals surface area contributed by atoms with E-state index < -0.39 is 0 Å². The number of hydrogen-bond donors (Lipinski definition) is 0. The number of hydrogen-bond acceptors (Lipinski definition) is 5. The van der Waals surface area contributed by atoms with Gasteiger partial charge in [-0.05, 0) is 30.3 Å². The van der Waals surface area contributed by atoms with Gasteiger partial charge in [-0.3, -0.25) is 4.79 Å². The van der Waals surface area contributed by atoms with E-state index >= 15 is 0 Å². The molecule has 0 spiro atoms. The molecule has 0 aliphatic carbocycles. The number of carbonyl (C=O) groups excluding carboxylic acids is 1. The molecule has 3 rings (SSSR count). The molecule has 0 unspecified atom stereocenters. The van der Waals surface area contributed by atoms with E-state index in [1.165, 1.54) is 0 Å². The molecule has 0 atom stereocenters. The third-order valence-corrected chi connectivity index (χ3v) is 2.64. The Morgan fingerprint density at radius 1 is 1.00 bits per heavy atom. The molecule has 1 aliphatic heterocycles. The lowest BCUT2D eigenvalue weighted by molar-refractivity contribution is 0.111. The van der Waals surface area contributed by atoms with Gasteiger partial charge in [0, 0.05) is 5.56 Å². The first-order chi connectivity index (χ1) is 8.86. The number of nitrogens with zero attached hydrogens (tertiary/aromatic N) is 2. The smallest absolute Gasteiger partial charge is 0.170 e. The Kier molecular flexibility index (Phi) is 2.64. The van der Waals surface area contributed by atoms with Crippen LogP contribution in [0.2, 0.25) is 0 Å². The van der Waals surface area contributed by atoms with Gasteiger partial charge in [0.05, 0.1) is 5.69 Å². The summed E-state index contributed by atoms with van der Waals surface area (Å²) in [7, 11) is 0. The Morgan fingerprint density at radius 3 is 2.56 bits per heavy atom. The van der Waals surface area contributed by atoms with Gasteiger partial charge in [0.1, 0.15) is 18.9 Å². The van der Waals surface area contributed by atoms with Crippen molar-refractivity contribution in [3.63, 3.8) is 0 Å². The SMILES string of the molecule is O=Cc1ccc(-c2ccc3c(c2)OCCO3)nn1. The van der Waals surface area contributed by atoms with Crippen molar-refractivity contribution >= 4 is 6.29 Å². The average molecular weight is 242 g/mol. The molecule has 0 radical (unpaired) electrons. The summed E-state index contributed by atoms with van der Waals surface area (Å²) in [6.07, 6.45) is 0.667. The van der Waals surface area contributed by atoms with Crippen molar-refractivity contribution in [2.45, 2.75) is 0 Å². The Balaban J connectivity index is 1.98. The van der Waals surface area contributed by atoms with E-state index in [-0.39, 0.29) is 0 Å². The van der Waals surface area contributed by atoms with Gasteiger partial charge < -0.3 is 9.47 Å². The highest BCUT2D eigenvalue weighted by Crippen LogP contribution is 2.33. The Hall–Kier alpha value is -2.43. The van der Waals surface area contributed by atoms with Gasteiger partial charge in [-0.25, -0.2) is 0 Å². The van der Waals surface area contributed by atoms with E-state index in [2.05, 4.69) is 10.2 Å². The Morgan fingerprint density at radius 2 is 1.83 bits per heavy atom. The summed E-state index contributed by atoms with van der Waals surface area (Å²) >= 11 is 0. The van der Waals surface area contributed by atoms with Crippen LogP contribution in [0, 0.1) is 0 Å². The first kappa shape index (κ1) is 10.7. The van der Waals surface area contributed by atoms with E-state index in [1.807, 2.05) is 18.2 Å². The van der Waals surface area contributed by atoms with Gasteiger partial charge in [-0.1, -0.05) is 0 Å². The topological polar surface area (TPSA) is 61.3 Å². The fourth-order valence-corrected chi connectivity index (χ4v) is 1.76. The van der Waals surface area contributed by atoms with Crippen LogP contribution in [0.3, 0.4) is 0 Å². The van der Waals surface area contributed by atoms with Crippen molar-refractivity contribution in [3.05, 3.63) is 36.0 Å². The maximum absolute atomic E-state index is 10.5. The zero-order chi connectivity index (χ0) is 12.4. The van der Waals surface area contributed by atoms with E-state index in [0.29, 0.717) is 36.6 Å². The van der Waals surface area contributed by atoms with E-state index in [4.69, 9.17) is 9.47 Å². The average Bonchev–Trinajstić information content (AvgIpc) is 2.47. The minimum absolute atomic E-state index is 0.316. The first-order valence-corrected chi connectivity index (χ1v) is 5.56. The summed E-state index contributed by atoms with van der Waals surface area (Å²) in [5.41, 5.74) is 1.89. The van der Waals surface area contributed by atoms with Crippen LogP contribution in [0.1, 0.15) is 10.5 Å². The molecule has 0 N–H and O–H groups in total. The van der Waals surface area contributed by atoms with Crippen LogP contribution in [-0.2, 0) is 0 Å². The van der Waals surface area contributed by atoms with Gasteiger partial charge in [0.15, 0.2) is 17.8 Å². The van der Waals surface area contributed by atoms with Crippen molar-refractivity contribution < 1.29 is 14.3 Å². The van der Waals surface area contributed by atoms with Crippen molar-refractivity contribution in [1.29, 1.82) is 0 Å². The minimum atomic E-state index is 0.316. The first-order valence-electron chi connectivity index (χ1n) is 5.56. The zero-order valence-corrected chi connectivity index (χ0v) is 9.50. The van der Waals surface area contributed by atoms with Crippen molar-refractivity contribution in [2.24, 2.45) is 0 Å².